The molecule has 1 atom stereocenters. The first kappa shape index (κ1) is 30.2. The first-order valence-corrected chi connectivity index (χ1v) is 11.8. The molecule has 0 aromatic rings. The second-order valence-electron chi connectivity index (χ2n) is 7.37. The predicted octanol–water partition coefficient (Wildman–Crippen LogP) is 4.53. The monoisotopic (exact) mass is 512 g/mol. The Bertz CT molecular complexity index is 715. The number of ether oxygens (including phenoxy) is 3. The number of halogens is 1. The van der Waals surface area contributed by atoms with E-state index in [1.807, 2.05) is 13.8 Å². The molecule has 0 bridgehead atoms. The van der Waals surface area contributed by atoms with Crippen LogP contribution < -0.4 is 0 Å². The topological polar surface area (TPSA) is 82.1 Å². The van der Waals surface area contributed by atoms with Crippen LogP contribution in [0.5, 0.6) is 0 Å². The third kappa shape index (κ3) is 10.2. The van der Waals surface area contributed by atoms with Gasteiger partial charge < -0.3 is 19.3 Å². The zero-order valence-corrected chi connectivity index (χ0v) is 21.6. The van der Waals surface area contributed by atoms with Gasteiger partial charge >= 0.3 is 11.9 Å². The fraction of sp³-hybridized carbons (Fsp3) is 0.680. The van der Waals surface area contributed by atoms with E-state index < -0.39 is 23.0 Å². The summed E-state index contributed by atoms with van der Waals surface area (Å²) in [6.45, 7) is 11.2. The first-order valence-electron chi connectivity index (χ1n) is 11.1. The Morgan fingerprint density at radius 3 is 2.06 bits per heavy atom. The largest absolute Gasteiger partial charge is 0.465 e. The molecule has 0 spiro atoms. The van der Waals surface area contributed by atoms with E-state index in [-0.39, 0.29) is 32.2 Å². The normalized spacial score (nSPS) is 12.0. The Labute approximate surface area is 201 Å². The molecule has 0 heterocycles. The number of aliphatic hydroxyl groups is 1. The maximum atomic E-state index is 12.7. The van der Waals surface area contributed by atoms with Crippen molar-refractivity contribution in [1.29, 1.82) is 0 Å². The lowest BCUT2D eigenvalue weighted by atomic mass is 9.81. The van der Waals surface area contributed by atoms with Crippen LogP contribution in [0.2, 0.25) is 0 Å². The van der Waals surface area contributed by atoms with Crippen LogP contribution in [0.15, 0.2) is 11.1 Å². The summed E-state index contributed by atoms with van der Waals surface area (Å²) in [5.74, 6) is 10.5. The van der Waals surface area contributed by atoms with Crippen LogP contribution in [0.3, 0.4) is 0 Å². The van der Waals surface area contributed by atoms with Gasteiger partial charge in [0.1, 0.15) is 11.7 Å². The minimum Gasteiger partial charge on any atom is -0.465 e. The molecule has 0 amide bonds. The van der Waals surface area contributed by atoms with E-state index in [2.05, 4.69) is 46.2 Å². The van der Waals surface area contributed by atoms with E-state index in [4.69, 9.17) is 14.2 Å². The third-order valence-electron chi connectivity index (χ3n) is 5.02. The summed E-state index contributed by atoms with van der Waals surface area (Å²) >= 11 is 3.24. The number of carbonyl (C=O) groups is 2. The molecular formula is C25H37BrO6. The van der Waals surface area contributed by atoms with Crippen molar-refractivity contribution in [1.82, 2.24) is 0 Å². The summed E-state index contributed by atoms with van der Waals surface area (Å²) in [5, 5.41) is 10.2. The maximum Gasteiger partial charge on any atom is 0.324 e. The second-order valence-corrected chi connectivity index (χ2v) is 8.49. The molecule has 0 aromatic carbocycles. The number of hydrogen-bond acceptors (Lipinski definition) is 6. The fourth-order valence-corrected chi connectivity index (χ4v) is 3.37. The molecule has 1 N–H and O–H groups in total. The lowest BCUT2D eigenvalue weighted by molar-refractivity contribution is -0.171. The van der Waals surface area contributed by atoms with Crippen LogP contribution in [0, 0.1) is 29.1 Å². The van der Waals surface area contributed by atoms with Gasteiger partial charge in [-0.1, -0.05) is 54.1 Å². The van der Waals surface area contributed by atoms with Crippen molar-refractivity contribution < 1.29 is 28.9 Å². The summed E-state index contributed by atoms with van der Waals surface area (Å²) < 4.78 is 16.2. The van der Waals surface area contributed by atoms with Crippen LogP contribution in [0.4, 0.5) is 0 Å². The van der Waals surface area contributed by atoms with Gasteiger partial charge in [0, 0.05) is 26.4 Å². The molecule has 32 heavy (non-hydrogen) atoms. The highest BCUT2D eigenvalue weighted by Gasteiger charge is 2.48. The van der Waals surface area contributed by atoms with Crippen molar-refractivity contribution in [3.8, 4) is 23.7 Å². The van der Waals surface area contributed by atoms with E-state index in [0.29, 0.717) is 30.2 Å². The van der Waals surface area contributed by atoms with Gasteiger partial charge in [0.25, 0.3) is 0 Å². The third-order valence-corrected chi connectivity index (χ3v) is 5.30. The van der Waals surface area contributed by atoms with Crippen molar-refractivity contribution in [2.24, 2.45) is 5.41 Å². The van der Waals surface area contributed by atoms with Gasteiger partial charge in [0.15, 0.2) is 5.41 Å². The number of rotatable bonds is 13. The molecule has 6 nitrogen and oxygen atoms in total. The number of methoxy groups -OCH3 is 1. The number of unbranched alkanes of at least 4 members (excludes halogenated alkanes) is 1. The second kappa shape index (κ2) is 15.9. The van der Waals surface area contributed by atoms with Gasteiger partial charge in [-0.2, -0.15) is 0 Å². The van der Waals surface area contributed by atoms with Gasteiger partial charge in [-0.25, -0.2) is 0 Å². The number of carbonyl (C=O) groups excluding carboxylic acids is 2. The van der Waals surface area contributed by atoms with E-state index in [0.717, 1.165) is 6.42 Å². The van der Waals surface area contributed by atoms with Gasteiger partial charge in [-0.05, 0) is 44.0 Å². The van der Waals surface area contributed by atoms with Crippen LogP contribution in [0.1, 0.15) is 72.6 Å². The van der Waals surface area contributed by atoms with Gasteiger partial charge in [-0.15, -0.1) is 5.92 Å². The van der Waals surface area contributed by atoms with Gasteiger partial charge in [0.2, 0.25) is 0 Å². The maximum absolute atomic E-state index is 12.7. The molecule has 0 fully saturated rings. The zero-order valence-electron chi connectivity index (χ0n) is 20.0. The summed E-state index contributed by atoms with van der Waals surface area (Å²) in [4.78, 5) is 25.4. The molecule has 0 saturated carbocycles. The summed E-state index contributed by atoms with van der Waals surface area (Å²) in [6, 6.07) is 0. The Morgan fingerprint density at radius 2 is 1.62 bits per heavy atom. The lowest BCUT2D eigenvalue weighted by Crippen LogP contribution is -2.42. The van der Waals surface area contributed by atoms with Crippen LogP contribution in [-0.2, 0) is 23.8 Å². The van der Waals surface area contributed by atoms with Crippen molar-refractivity contribution in [2.45, 2.75) is 84.3 Å². The molecule has 0 radical (unpaired) electrons. The zero-order chi connectivity index (χ0) is 24.6. The van der Waals surface area contributed by atoms with Crippen LogP contribution in [0.25, 0.3) is 0 Å². The molecule has 180 valence electrons. The quantitative estimate of drug-likeness (QED) is 0.169. The number of allylic oxidation sites excluding steroid dienone is 1. The lowest BCUT2D eigenvalue weighted by Gasteiger charge is -2.27. The average Bonchev–Trinajstić information content (AvgIpc) is 2.76. The molecule has 0 aliphatic rings. The molecule has 0 aromatic heterocycles. The molecule has 0 aliphatic heterocycles. The van der Waals surface area contributed by atoms with Crippen molar-refractivity contribution >= 4 is 27.9 Å². The minimum atomic E-state index is -1.59. The summed E-state index contributed by atoms with van der Waals surface area (Å²) in [7, 11) is 1.56. The Hall–Kier alpha value is -1.80. The molecule has 7 heteroatoms. The number of hydrogen-bond donors (Lipinski definition) is 1. The van der Waals surface area contributed by atoms with Gasteiger partial charge in [-0.3, -0.25) is 9.59 Å². The Kier molecular flexibility index (Phi) is 15.0. The molecular weight excluding hydrogens is 476 g/mol. The minimum absolute atomic E-state index is 0.0182. The number of esters is 2. The summed E-state index contributed by atoms with van der Waals surface area (Å²) in [6.07, 6.45) is 2.73. The highest BCUT2D eigenvalue weighted by Crippen LogP contribution is 2.35. The van der Waals surface area contributed by atoms with E-state index in [1.165, 1.54) is 0 Å². The van der Waals surface area contributed by atoms with Crippen molar-refractivity contribution in [3.63, 3.8) is 0 Å². The standard InChI is InChI=1S/C25H37BrO6/c1-7-24(29,8-2)17-13-11-12-15-21(30-6)16-14-18-25(19-20(5)26,22(27)31-9-3)23(28)32-10-4/h21,29H,5,7-12,15,18-19H2,1-4,6H3. The summed E-state index contributed by atoms with van der Waals surface area (Å²) in [5.41, 5.74) is -2.52. The molecule has 1 unspecified atom stereocenters. The van der Waals surface area contributed by atoms with Crippen LogP contribution in [-0.4, -0.2) is 49.1 Å². The highest BCUT2D eigenvalue weighted by molar-refractivity contribution is 9.11. The molecule has 0 saturated heterocycles. The van der Waals surface area contributed by atoms with Gasteiger partial charge in [0.05, 0.1) is 13.2 Å². The molecule has 0 rings (SSSR count). The van der Waals surface area contributed by atoms with Crippen molar-refractivity contribution in [2.75, 3.05) is 20.3 Å². The Morgan fingerprint density at radius 1 is 1.06 bits per heavy atom. The van der Waals surface area contributed by atoms with Crippen LogP contribution >= 0.6 is 15.9 Å². The average molecular weight is 513 g/mol. The van der Waals surface area contributed by atoms with Crippen molar-refractivity contribution in [3.05, 3.63) is 11.1 Å². The first-order chi connectivity index (χ1) is 15.1. The van der Waals surface area contributed by atoms with E-state index in [9.17, 15) is 14.7 Å². The highest BCUT2D eigenvalue weighted by atomic mass is 79.9. The van der Waals surface area contributed by atoms with E-state index in [1.54, 1.807) is 21.0 Å². The molecule has 0 aliphatic carbocycles. The SMILES string of the molecule is C=C(Br)CC(CC#CC(CCCC#CC(O)(CC)CC)OC)(C(=O)OCC)C(=O)OCC. The Balaban J connectivity index is 5.35. The predicted molar refractivity (Wildman–Crippen MR) is 129 cm³/mol. The smallest absolute Gasteiger partial charge is 0.324 e. The van der Waals surface area contributed by atoms with E-state index >= 15 is 0 Å². The fourth-order valence-electron chi connectivity index (χ4n) is 2.89.